The van der Waals surface area contributed by atoms with Crippen molar-refractivity contribution < 1.29 is 0 Å². The van der Waals surface area contributed by atoms with Gasteiger partial charge >= 0.3 is 0 Å². The van der Waals surface area contributed by atoms with Crippen molar-refractivity contribution in [2.75, 3.05) is 0 Å². The van der Waals surface area contributed by atoms with Gasteiger partial charge in [0.05, 0.1) is 38.6 Å². The van der Waals surface area contributed by atoms with Crippen LogP contribution in [0.1, 0.15) is 158 Å². The van der Waals surface area contributed by atoms with E-state index in [1.165, 1.54) is 196 Å². The van der Waals surface area contributed by atoms with Crippen LogP contribution in [0.5, 0.6) is 0 Å². The Hall–Kier alpha value is -10.0. The van der Waals surface area contributed by atoms with Crippen LogP contribution in [0.3, 0.4) is 0 Å². The second kappa shape index (κ2) is 21.8. The van der Waals surface area contributed by atoms with E-state index in [0.29, 0.717) is 0 Å². The standard InChI is InChI=1S/C98H91N3S/c1-93(2,3)65-37-59(38-66(51-65)94(4,5)6)62-45-74(58-35-36-84-75(44-58)72-31-22-24-33-83(72)99(84)71-30-26-29-57(43-71)56-27-20-19-21-28-56)89-80(48-62)81-49-63(60-39-67(95(7,8)9)52-68(40-60)96(10,11)12)46-78-76-54-77-79-47-64(61-41-69(97(13,14)15)53-70(42-61)98(16,17)18)50-82-88-73-32-23-25-34-87(73)102-92(88)101(91(79)82)86(77)55-85(76)100(89)90(78)81/h19-55H,1-18H3. The van der Waals surface area contributed by atoms with E-state index < -0.39 is 0 Å². The Balaban J connectivity index is 1.00. The molecule has 18 aromatic rings. The van der Waals surface area contributed by atoms with E-state index in [9.17, 15) is 0 Å². The molecule has 0 amide bonds. The number of rotatable bonds is 6. The molecule has 18 rings (SSSR count). The average Bonchev–Trinajstić information content (AvgIpc) is 1.51. The van der Waals surface area contributed by atoms with Crippen molar-refractivity contribution in [3.05, 3.63) is 258 Å². The van der Waals surface area contributed by atoms with Crippen molar-refractivity contribution in [3.63, 3.8) is 0 Å². The molecule has 504 valence electrons. The topological polar surface area (TPSA) is 13.8 Å². The monoisotopic (exact) mass is 1340 g/mol. The molecule has 102 heavy (non-hydrogen) atoms. The summed E-state index contributed by atoms with van der Waals surface area (Å²) in [5.41, 5.74) is 29.8. The number of hydrogen-bond donors (Lipinski definition) is 0. The molecule has 6 heterocycles. The molecule has 0 aliphatic heterocycles. The number of thiophene rings is 1. The van der Waals surface area contributed by atoms with Crippen LogP contribution in [-0.2, 0) is 32.5 Å². The highest BCUT2D eigenvalue weighted by molar-refractivity contribution is 7.25. The molecule has 0 spiro atoms. The van der Waals surface area contributed by atoms with Gasteiger partial charge in [-0.2, -0.15) is 0 Å². The average molecular weight is 1340 g/mol. The molecule has 0 radical (unpaired) electrons. The smallest absolute Gasteiger partial charge is 0.109 e. The maximum Gasteiger partial charge on any atom is 0.109 e. The van der Waals surface area contributed by atoms with E-state index >= 15 is 0 Å². The van der Waals surface area contributed by atoms with Crippen LogP contribution in [0.25, 0.3) is 169 Å². The number of fused-ring (bicyclic) bond motifs is 17. The Bertz CT molecular complexity index is 6430. The second-order valence-corrected chi connectivity index (χ2v) is 37.0. The third-order valence-corrected chi connectivity index (χ3v) is 23.9. The fourth-order valence-electron chi connectivity index (χ4n) is 16.7. The molecule has 0 N–H and O–H groups in total. The van der Waals surface area contributed by atoms with Crippen LogP contribution in [0.2, 0.25) is 0 Å². The molecule has 0 bridgehead atoms. The predicted octanol–water partition coefficient (Wildman–Crippen LogP) is 28.4. The Morgan fingerprint density at radius 3 is 1.18 bits per heavy atom. The minimum absolute atomic E-state index is 0.0367. The first-order valence-electron chi connectivity index (χ1n) is 36.9. The summed E-state index contributed by atoms with van der Waals surface area (Å²) in [6.07, 6.45) is 0. The van der Waals surface area contributed by atoms with E-state index in [1.807, 2.05) is 11.3 Å². The molecule has 12 aromatic carbocycles. The summed E-state index contributed by atoms with van der Waals surface area (Å²) < 4.78 is 9.16. The molecule has 6 aromatic heterocycles. The Labute approximate surface area is 604 Å². The van der Waals surface area contributed by atoms with Crippen LogP contribution in [0, 0.1) is 0 Å². The van der Waals surface area contributed by atoms with Crippen molar-refractivity contribution in [2.24, 2.45) is 0 Å². The molecule has 0 saturated carbocycles. The Morgan fingerprint density at radius 1 is 0.235 bits per heavy atom. The number of benzene rings is 12. The highest BCUT2D eigenvalue weighted by atomic mass is 32.1. The normalized spacial score (nSPS) is 13.4. The van der Waals surface area contributed by atoms with E-state index in [-0.39, 0.29) is 32.5 Å². The second-order valence-electron chi connectivity index (χ2n) is 36.0. The van der Waals surface area contributed by atoms with Crippen molar-refractivity contribution in [2.45, 2.75) is 157 Å². The van der Waals surface area contributed by atoms with Crippen LogP contribution in [0.4, 0.5) is 0 Å². The summed E-state index contributed by atoms with van der Waals surface area (Å²) in [7, 11) is 0. The summed E-state index contributed by atoms with van der Waals surface area (Å²) in [6, 6.07) is 88.2. The first-order chi connectivity index (χ1) is 48.3. The van der Waals surface area contributed by atoms with Gasteiger partial charge < -0.3 is 8.97 Å². The lowest BCUT2D eigenvalue weighted by Crippen LogP contribution is -2.16. The van der Waals surface area contributed by atoms with Gasteiger partial charge in [0.15, 0.2) is 0 Å². The van der Waals surface area contributed by atoms with Gasteiger partial charge in [-0.05, 0) is 201 Å². The molecule has 0 aliphatic rings. The van der Waals surface area contributed by atoms with Crippen molar-refractivity contribution in [1.82, 2.24) is 13.4 Å². The quantitative estimate of drug-likeness (QED) is 0.158. The predicted molar refractivity (Wildman–Crippen MR) is 445 cm³/mol. The third-order valence-electron chi connectivity index (χ3n) is 22.7. The van der Waals surface area contributed by atoms with Crippen LogP contribution in [-0.4, -0.2) is 13.4 Å². The zero-order chi connectivity index (χ0) is 71.0. The van der Waals surface area contributed by atoms with E-state index in [2.05, 4.69) is 362 Å². The van der Waals surface area contributed by atoms with Gasteiger partial charge in [-0.1, -0.05) is 264 Å². The molecule has 4 heteroatoms. The maximum absolute atomic E-state index is 2.71. The van der Waals surface area contributed by atoms with Gasteiger partial charge in [-0.15, -0.1) is 11.3 Å². The van der Waals surface area contributed by atoms with Gasteiger partial charge in [0.25, 0.3) is 0 Å². The van der Waals surface area contributed by atoms with E-state index in [4.69, 9.17) is 0 Å². The van der Waals surface area contributed by atoms with Gasteiger partial charge in [-0.25, -0.2) is 0 Å². The molecule has 0 saturated heterocycles. The summed E-state index contributed by atoms with van der Waals surface area (Å²) >= 11 is 1.93. The molecule has 0 aliphatic carbocycles. The van der Waals surface area contributed by atoms with Crippen molar-refractivity contribution in [3.8, 4) is 61.3 Å². The zero-order valence-corrected chi connectivity index (χ0v) is 63.4. The zero-order valence-electron chi connectivity index (χ0n) is 62.6. The van der Waals surface area contributed by atoms with Gasteiger partial charge in [0.2, 0.25) is 0 Å². The number of hydrogen-bond acceptors (Lipinski definition) is 1. The highest BCUT2D eigenvalue weighted by Gasteiger charge is 2.31. The highest BCUT2D eigenvalue weighted by Crippen LogP contribution is 2.53. The lowest BCUT2D eigenvalue weighted by molar-refractivity contribution is 0.568. The largest absolute Gasteiger partial charge is 0.309 e. The first-order valence-corrected chi connectivity index (χ1v) is 37.7. The third kappa shape index (κ3) is 10.0. The van der Waals surface area contributed by atoms with Crippen LogP contribution in [0.15, 0.2) is 224 Å². The van der Waals surface area contributed by atoms with Crippen molar-refractivity contribution >= 4 is 119 Å². The van der Waals surface area contributed by atoms with Crippen LogP contribution < -0.4 is 0 Å². The van der Waals surface area contributed by atoms with Crippen LogP contribution >= 0.6 is 11.3 Å². The molecule has 3 nitrogen and oxygen atoms in total. The maximum atomic E-state index is 2.71. The fourth-order valence-corrected chi connectivity index (χ4v) is 18.0. The van der Waals surface area contributed by atoms with Gasteiger partial charge in [0, 0.05) is 75.2 Å². The van der Waals surface area contributed by atoms with Crippen molar-refractivity contribution in [1.29, 1.82) is 0 Å². The molecule has 0 fully saturated rings. The number of para-hydroxylation sites is 1. The van der Waals surface area contributed by atoms with Gasteiger partial charge in [-0.3, -0.25) is 4.40 Å². The fraction of sp³-hybridized carbons (Fsp3) is 0.245. The minimum atomic E-state index is -0.0814. The molecular formula is C98H91N3S. The summed E-state index contributed by atoms with van der Waals surface area (Å²) in [4.78, 5) is 1.30. The lowest BCUT2D eigenvalue weighted by atomic mass is 9.78. The Kier molecular flexibility index (Phi) is 13.7. The van der Waals surface area contributed by atoms with E-state index in [1.54, 1.807) is 0 Å². The summed E-state index contributed by atoms with van der Waals surface area (Å²) in [5, 5.41) is 14.1. The molecule has 0 atom stereocenters. The SMILES string of the molecule is CC(C)(C)c1cc(-c2cc(-c3ccc4c(c3)c3ccccc3n4-c3cccc(-c4ccccc4)c3)c3c(c2)c2cc(-c4cc(C(C)(C)C)cc(C(C)(C)C)c4)cc4c5cc6c7cc(-c8cc(C(C)(C)C)cc(C(C)(C)C)c8)cc8c9c%10ccccc%10sc9n(c6cc5n3c42)c78)cc(C(C)(C)C)c1. The van der Waals surface area contributed by atoms with E-state index in [0.717, 1.165) is 5.69 Å². The molecule has 0 unspecified atom stereocenters. The number of aromatic nitrogens is 3. The lowest BCUT2D eigenvalue weighted by Gasteiger charge is -2.26. The summed E-state index contributed by atoms with van der Waals surface area (Å²) in [6.45, 7) is 42.5. The van der Waals surface area contributed by atoms with Gasteiger partial charge in [0.1, 0.15) is 4.83 Å². The minimum Gasteiger partial charge on any atom is -0.309 e. The Morgan fingerprint density at radius 2 is 0.637 bits per heavy atom. The first kappa shape index (κ1) is 64.1. The molecular weight excluding hydrogens is 1250 g/mol. The summed E-state index contributed by atoms with van der Waals surface area (Å²) in [5.74, 6) is 0. The number of nitrogens with zero attached hydrogens (tertiary/aromatic N) is 3.